The molecule has 0 fully saturated rings. The third kappa shape index (κ3) is 3.29. The highest BCUT2D eigenvalue weighted by atomic mass is 15.0. The van der Waals surface area contributed by atoms with Gasteiger partial charge in [-0.3, -0.25) is 0 Å². The maximum Gasteiger partial charge on any atom is 0.0544 e. The van der Waals surface area contributed by atoms with E-state index in [1.54, 1.807) is 0 Å². The van der Waals surface area contributed by atoms with Gasteiger partial charge in [-0.25, -0.2) is 0 Å². The van der Waals surface area contributed by atoms with Crippen molar-refractivity contribution in [1.82, 2.24) is 0 Å². The van der Waals surface area contributed by atoms with Crippen LogP contribution in [-0.2, 0) is 0 Å². The first kappa shape index (κ1) is 13.9. The Kier molecular flexibility index (Phi) is 4.26. The summed E-state index contributed by atoms with van der Waals surface area (Å²) in [7, 11) is 0. The van der Waals surface area contributed by atoms with Crippen LogP contribution in [0.25, 0.3) is 0 Å². The van der Waals surface area contributed by atoms with Crippen molar-refractivity contribution in [3.8, 4) is 0 Å². The molecule has 2 rings (SSSR count). The van der Waals surface area contributed by atoms with Crippen LogP contribution in [-0.4, -0.2) is 0 Å². The van der Waals surface area contributed by atoms with Crippen molar-refractivity contribution in [2.45, 2.75) is 13.8 Å². The first-order valence-electron chi connectivity index (χ1n) is 6.61. The van der Waals surface area contributed by atoms with Crippen molar-refractivity contribution >= 4 is 11.4 Å². The second kappa shape index (κ2) is 6.11. The molecule has 0 aliphatic heterocycles. The van der Waals surface area contributed by atoms with Crippen LogP contribution in [0.3, 0.4) is 0 Å². The molecular formula is C18H20N2. The van der Waals surface area contributed by atoms with E-state index in [0.29, 0.717) is 0 Å². The molecule has 0 bridgehead atoms. The first-order chi connectivity index (χ1) is 9.58. The number of hydrogen-bond donors (Lipinski definition) is 2. The maximum absolute atomic E-state index is 4.04. The molecule has 2 N–H and O–H groups in total. The summed E-state index contributed by atoms with van der Waals surface area (Å²) in [5.74, 6) is 0. The molecule has 0 heterocycles. The average Bonchev–Trinajstić information content (AvgIpc) is 2.43. The quantitative estimate of drug-likeness (QED) is 0.754. The van der Waals surface area contributed by atoms with Gasteiger partial charge >= 0.3 is 0 Å². The summed E-state index contributed by atoms with van der Waals surface area (Å²) in [6.07, 6.45) is 0. The van der Waals surface area contributed by atoms with Crippen LogP contribution in [0, 0.1) is 13.8 Å². The summed E-state index contributed by atoms with van der Waals surface area (Å²) >= 11 is 0. The Bertz CT molecular complexity index is 584. The third-order valence-electron chi connectivity index (χ3n) is 3.23. The molecule has 20 heavy (non-hydrogen) atoms. The second-order valence-electron chi connectivity index (χ2n) is 4.84. The Morgan fingerprint density at radius 3 is 1.40 bits per heavy atom. The fourth-order valence-corrected chi connectivity index (χ4v) is 1.90. The van der Waals surface area contributed by atoms with Crippen molar-refractivity contribution in [3.05, 3.63) is 84.2 Å². The molecule has 0 aromatic heterocycles. The molecular weight excluding hydrogens is 244 g/mol. The lowest BCUT2D eigenvalue weighted by Crippen LogP contribution is -2.09. The number of aryl methyl sites for hydroxylation is 2. The molecule has 0 aliphatic carbocycles. The van der Waals surface area contributed by atoms with Crippen LogP contribution in [0.2, 0.25) is 0 Å². The van der Waals surface area contributed by atoms with E-state index < -0.39 is 0 Å². The Labute approximate surface area is 120 Å². The number of hydrogen-bond acceptors (Lipinski definition) is 2. The van der Waals surface area contributed by atoms with E-state index >= 15 is 0 Å². The number of anilines is 2. The van der Waals surface area contributed by atoms with E-state index in [0.717, 1.165) is 22.8 Å². The topological polar surface area (TPSA) is 24.1 Å². The van der Waals surface area contributed by atoms with Gasteiger partial charge in [-0.15, -0.1) is 0 Å². The van der Waals surface area contributed by atoms with Crippen LogP contribution in [0.1, 0.15) is 11.1 Å². The molecule has 0 unspecified atom stereocenters. The Morgan fingerprint density at radius 1 is 0.700 bits per heavy atom. The monoisotopic (exact) mass is 264 g/mol. The minimum absolute atomic E-state index is 0.766. The molecule has 0 aliphatic rings. The van der Waals surface area contributed by atoms with Crippen molar-refractivity contribution in [2.75, 3.05) is 10.6 Å². The van der Waals surface area contributed by atoms with E-state index in [9.17, 15) is 0 Å². The summed E-state index contributed by atoms with van der Waals surface area (Å²) in [4.78, 5) is 0. The highest BCUT2D eigenvalue weighted by Crippen LogP contribution is 2.20. The van der Waals surface area contributed by atoms with E-state index in [4.69, 9.17) is 0 Å². The van der Waals surface area contributed by atoms with Crippen molar-refractivity contribution < 1.29 is 0 Å². The number of benzene rings is 2. The summed E-state index contributed by atoms with van der Waals surface area (Å²) in [6, 6.07) is 16.2. The Hall–Kier alpha value is -2.48. The SMILES string of the molecule is C=C(Nc1ccccc1C)C(=C)Nc1ccccc1C. The smallest absolute Gasteiger partial charge is 0.0544 e. The molecule has 2 heteroatoms. The molecule has 0 amide bonds. The molecule has 0 radical (unpaired) electrons. The van der Waals surface area contributed by atoms with Crippen molar-refractivity contribution in [2.24, 2.45) is 0 Å². The predicted molar refractivity (Wildman–Crippen MR) is 87.9 cm³/mol. The van der Waals surface area contributed by atoms with Gasteiger partial charge in [-0.2, -0.15) is 0 Å². The molecule has 0 saturated heterocycles. The lowest BCUT2D eigenvalue weighted by molar-refractivity contribution is 1.32. The Balaban J connectivity index is 2.05. The summed E-state index contributed by atoms with van der Waals surface area (Å²) in [5, 5.41) is 6.59. The van der Waals surface area contributed by atoms with Crippen LogP contribution in [0.15, 0.2) is 73.1 Å². The zero-order chi connectivity index (χ0) is 14.5. The summed E-state index contributed by atoms with van der Waals surface area (Å²) < 4.78 is 0. The second-order valence-corrected chi connectivity index (χ2v) is 4.84. The van der Waals surface area contributed by atoms with Gasteiger partial charge in [-0.05, 0) is 37.1 Å². The van der Waals surface area contributed by atoms with E-state index in [1.165, 1.54) is 11.1 Å². The maximum atomic E-state index is 4.04. The molecule has 102 valence electrons. The highest BCUT2D eigenvalue weighted by Gasteiger charge is 2.04. The van der Waals surface area contributed by atoms with Crippen LogP contribution >= 0.6 is 0 Å². The van der Waals surface area contributed by atoms with Crippen molar-refractivity contribution in [3.63, 3.8) is 0 Å². The van der Waals surface area contributed by atoms with Crippen molar-refractivity contribution in [1.29, 1.82) is 0 Å². The minimum atomic E-state index is 0.766. The Morgan fingerprint density at radius 2 is 1.05 bits per heavy atom. The third-order valence-corrected chi connectivity index (χ3v) is 3.23. The van der Waals surface area contributed by atoms with Gasteiger partial charge in [0.15, 0.2) is 0 Å². The molecule has 0 spiro atoms. The van der Waals surface area contributed by atoms with Gasteiger partial charge in [0.2, 0.25) is 0 Å². The molecule has 2 aromatic carbocycles. The van der Waals surface area contributed by atoms with Crippen LogP contribution in [0.4, 0.5) is 11.4 Å². The fourth-order valence-electron chi connectivity index (χ4n) is 1.90. The minimum Gasteiger partial charge on any atom is -0.354 e. The lowest BCUT2D eigenvalue weighted by Gasteiger charge is -2.16. The van der Waals surface area contributed by atoms with Gasteiger partial charge in [0.05, 0.1) is 11.4 Å². The lowest BCUT2D eigenvalue weighted by atomic mass is 10.2. The average molecular weight is 264 g/mol. The van der Waals surface area contributed by atoms with Crippen LogP contribution < -0.4 is 10.6 Å². The van der Waals surface area contributed by atoms with Gasteiger partial charge in [0, 0.05) is 11.4 Å². The van der Waals surface area contributed by atoms with Crippen LogP contribution in [0.5, 0.6) is 0 Å². The molecule has 2 aromatic rings. The normalized spacial score (nSPS) is 9.90. The summed E-state index contributed by atoms with van der Waals surface area (Å²) in [5.41, 5.74) is 5.98. The van der Waals surface area contributed by atoms with Gasteiger partial charge in [0.25, 0.3) is 0 Å². The summed E-state index contributed by atoms with van der Waals surface area (Å²) in [6.45, 7) is 12.2. The number of rotatable bonds is 5. The zero-order valence-corrected chi connectivity index (χ0v) is 12.0. The van der Waals surface area contributed by atoms with Gasteiger partial charge < -0.3 is 10.6 Å². The number of para-hydroxylation sites is 2. The molecule has 0 saturated carbocycles. The molecule has 0 atom stereocenters. The largest absolute Gasteiger partial charge is 0.354 e. The molecule has 2 nitrogen and oxygen atoms in total. The van der Waals surface area contributed by atoms with Gasteiger partial charge in [0.1, 0.15) is 0 Å². The number of nitrogens with one attached hydrogen (secondary N) is 2. The first-order valence-corrected chi connectivity index (χ1v) is 6.61. The standard InChI is InChI=1S/C18H20N2/c1-13-9-5-7-11-17(13)19-15(3)16(4)20-18-12-8-6-10-14(18)2/h5-12,19-20H,3-4H2,1-2H3. The fraction of sp³-hybridized carbons (Fsp3) is 0.111. The zero-order valence-electron chi connectivity index (χ0n) is 12.0. The van der Waals surface area contributed by atoms with E-state index in [2.05, 4.69) is 49.8 Å². The van der Waals surface area contributed by atoms with E-state index in [-0.39, 0.29) is 0 Å². The van der Waals surface area contributed by atoms with Gasteiger partial charge in [-0.1, -0.05) is 49.6 Å². The predicted octanol–water partition coefficient (Wildman–Crippen LogP) is 4.85. The van der Waals surface area contributed by atoms with E-state index in [1.807, 2.05) is 36.4 Å². The highest BCUT2D eigenvalue weighted by molar-refractivity contribution is 5.62.